The highest BCUT2D eigenvalue weighted by Gasteiger charge is 2.21. The Bertz CT molecular complexity index is 947. The van der Waals surface area contributed by atoms with Crippen LogP contribution >= 0.6 is 0 Å². The first-order valence-corrected chi connectivity index (χ1v) is 9.36. The molecule has 2 N–H and O–H groups in total. The lowest BCUT2D eigenvalue weighted by Gasteiger charge is -2.09. The number of rotatable bonds is 6. The summed E-state index contributed by atoms with van der Waals surface area (Å²) in [4.78, 5) is 0.0973. The first-order chi connectivity index (χ1) is 11.5. The molecule has 126 valence electrons. The molecule has 0 aliphatic carbocycles. The number of benzene rings is 2. The minimum absolute atomic E-state index is 0.0973. The summed E-state index contributed by atoms with van der Waals surface area (Å²) in [6.45, 7) is 3.08. The molecule has 0 amide bonds. The highest BCUT2D eigenvalue weighted by Crippen LogP contribution is 2.33. The van der Waals surface area contributed by atoms with E-state index in [9.17, 15) is 8.42 Å². The molecule has 24 heavy (non-hydrogen) atoms. The van der Waals surface area contributed by atoms with Crippen LogP contribution in [0.15, 0.2) is 59.6 Å². The highest BCUT2D eigenvalue weighted by atomic mass is 32.2. The summed E-state index contributed by atoms with van der Waals surface area (Å²) in [5.74, 6) is 0.546. The van der Waals surface area contributed by atoms with Crippen molar-refractivity contribution in [2.24, 2.45) is 5.14 Å². The van der Waals surface area contributed by atoms with Crippen molar-refractivity contribution in [3.8, 4) is 5.75 Å². The normalized spacial score (nSPS) is 11.8. The minimum atomic E-state index is -3.85. The van der Waals surface area contributed by atoms with Crippen molar-refractivity contribution in [2.75, 3.05) is 6.61 Å². The maximum absolute atomic E-state index is 12.0. The van der Waals surface area contributed by atoms with E-state index in [4.69, 9.17) is 9.88 Å². The third-order valence-corrected chi connectivity index (χ3v) is 4.72. The molecule has 0 aliphatic heterocycles. The Balaban J connectivity index is 2.17. The molecular formula is C18H20N2O3S. The molecule has 3 rings (SSSR count). The number of hydrogen-bond donors (Lipinski definition) is 1. The van der Waals surface area contributed by atoms with Crippen molar-refractivity contribution < 1.29 is 13.2 Å². The van der Waals surface area contributed by atoms with Gasteiger partial charge < -0.3 is 9.30 Å². The van der Waals surface area contributed by atoms with E-state index in [-0.39, 0.29) is 4.90 Å². The van der Waals surface area contributed by atoms with Gasteiger partial charge in [-0.25, -0.2) is 13.6 Å². The minimum Gasteiger partial charge on any atom is -0.493 e. The van der Waals surface area contributed by atoms with Crippen LogP contribution in [0.2, 0.25) is 0 Å². The standard InChI is InChI=1S/C18H20N2O3S/c1-2-11-23-16-10-6-9-15-18(16)17(24(19,21)22)13-20(15)12-14-7-4-3-5-8-14/h3-10,13H,2,11-12H2,1H3,(H2,19,21,22). The molecular weight excluding hydrogens is 324 g/mol. The van der Waals surface area contributed by atoms with E-state index in [1.165, 1.54) is 0 Å². The first-order valence-electron chi connectivity index (χ1n) is 7.82. The van der Waals surface area contributed by atoms with Gasteiger partial charge in [0, 0.05) is 12.7 Å². The molecule has 0 atom stereocenters. The molecule has 0 spiro atoms. The second-order valence-electron chi connectivity index (χ2n) is 5.65. The fourth-order valence-corrected chi connectivity index (χ4v) is 3.50. The van der Waals surface area contributed by atoms with Gasteiger partial charge in [-0.2, -0.15) is 0 Å². The Kier molecular flexibility index (Phi) is 4.59. The van der Waals surface area contributed by atoms with Crippen LogP contribution < -0.4 is 9.88 Å². The van der Waals surface area contributed by atoms with Crippen molar-refractivity contribution >= 4 is 20.9 Å². The fourth-order valence-electron chi connectivity index (χ4n) is 2.74. The van der Waals surface area contributed by atoms with Gasteiger partial charge in [0.1, 0.15) is 10.6 Å². The van der Waals surface area contributed by atoms with E-state index >= 15 is 0 Å². The molecule has 0 saturated heterocycles. The van der Waals surface area contributed by atoms with Gasteiger partial charge in [-0.05, 0) is 24.1 Å². The molecule has 0 unspecified atom stereocenters. The fraction of sp³-hybridized carbons (Fsp3) is 0.222. The van der Waals surface area contributed by atoms with Gasteiger partial charge in [0.05, 0.1) is 17.5 Å². The number of fused-ring (bicyclic) bond motifs is 1. The Hall–Kier alpha value is -2.31. The van der Waals surface area contributed by atoms with Gasteiger partial charge in [-0.3, -0.25) is 0 Å². The zero-order valence-corrected chi connectivity index (χ0v) is 14.3. The number of hydrogen-bond acceptors (Lipinski definition) is 3. The molecule has 0 saturated carbocycles. The molecule has 0 fully saturated rings. The summed E-state index contributed by atoms with van der Waals surface area (Å²) in [6, 6.07) is 15.4. The molecule has 0 bridgehead atoms. The average molecular weight is 344 g/mol. The summed E-state index contributed by atoms with van der Waals surface area (Å²) in [7, 11) is -3.85. The molecule has 0 radical (unpaired) electrons. The first kappa shape index (κ1) is 16.5. The maximum atomic E-state index is 12.0. The average Bonchev–Trinajstić information content (AvgIpc) is 2.93. The molecule has 5 nitrogen and oxygen atoms in total. The van der Waals surface area contributed by atoms with Crippen LogP contribution in [0.5, 0.6) is 5.75 Å². The number of nitrogens with zero attached hydrogens (tertiary/aromatic N) is 1. The second-order valence-corrected chi connectivity index (χ2v) is 7.18. The molecule has 2 aromatic carbocycles. The Morgan fingerprint density at radius 3 is 2.50 bits per heavy atom. The van der Waals surface area contributed by atoms with E-state index in [1.54, 1.807) is 12.3 Å². The Morgan fingerprint density at radius 2 is 1.83 bits per heavy atom. The monoisotopic (exact) mass is 344 g/mol. The lowest BCUT2D eigenvalue weighted by molar-refractivity contribution is 0.321. The third kappa shape index (κ3) is 3.29. The number of sulfonamides is 1. The highest BCUT2D eigenvalue weighted by molar-refractivity contribution is 7.89. The second kappa shape index (κ2) is 6.67. The predicted molar refractivity (Wildman–Crippen MR) is 94.6 cm³/mol. The largest absolute Gasteiger partial charge is 0.493 e. The van der Waals surface area contributed by atoms with Crippen LogP contribution in [0.3, 0.4) is 0 Å². The molecule has 1 aromatic heterocycles. The Morgan fingerprint density at radius 1 is 1.08 bits per heavy atom. The predicted octanol–water partition coefficient (Wildman–Crippen LogP) is 3.13. The molecule has 3 aromatic rings. The van der Waals surface area contributed by atoms with Crippen LogP contribution in [0.4, 0.5) is 0 Å². The summed E-state index contributed by atoms with van der Waals surface area (Å²) in [6.07, 6.45) is 2.43. The topological polar surface area (TPSA) is 74.3 Å². The van der Waals surface area contributed by atoms with Crippen molar-refractivity contribution in [3.05, 3.63) is 60.3 Å². The Labute approximate surface area is 141 Å². The van der Waals surface area contributed by atoms with Crippen molar-refractivity contribution in [1.82, 2.24) is 4.57 Å². The van der Waals surface area contributed by atoms with Gasteiger partial charge in [0.15, 0.2) is 0 Å². The quantitative estimate of drug-likeness (QED) is 0.746. The van der Waals surface area contributed by atoms with Gasteiger partial charge in [0.25, 0.3) is 0 Å². The van der Waals surface area contributed by atoms with E-state index < -0.39 is 10.0 Å². The van der Waals surface area contributed by atoms with Gasteiger partial charge in [-0.15, -0.1) is 0 Å². The van der Waals surface area contributed by atoms with Crippen LogP contribution in [-0.2, 0) is 16.6 Å². The lowest BCUT2D eigenvalue weighted by Crippen LogP contribution is -2.12. The lowest BCUT2D eigenvalue weighted by atomic mass is 10.2. The number of nitrogens with two attached hydrogens (primary N) is 1. The SMILES string of the molecule is CCCOc1cccc2c1c(S(N)(=O)=O)cn2Cc1ccccc1. The van der Waals surface area contributed by atoms with Crippen LogP contribution in [0.1, 0.15) is 18.9 Å². The van der Waals surface area contributed by atoms with E-state index in [0.29, 0.717) is 24.3 Å². The van der Waals surface area contributed by atoms with Crippen LogP contribution in [-0.4, -0.2) is 19.6 Å². The molecule has 6 heteroatoms. The van der Waals surface area contributed by atoms with Crippen LogP contribution in [0, 0.1) is 0 Å². The zero-order chi connectivity index (χ0) is 17.2. The summed E-state index contributed by atoms with van der Waals surface area (Å²) < 4.78 is 31.7. The van der Waals surface area contributed by atoms with Crippen molar-refractivity contribution in [2.45, 2.75) is 24.8 Å². The van der Waals surface area contributed by atoms with Crippen molar-refractivity contribution in [1.29, 1.82) is 0 Å². The number of ether oxygens (including phenoxy) is 1. The van der Waals surface area contributed by atoms with E-state index in [1.807, 2.05) is 54.0 Å². The van der Waals surface area contributed by atoms with E-state index in [2.05, 4.69) is 0 Å². The third-order valence-electron chi connectivity index (χ3n) is 3.80. The van der Waals surface area contributed by atoms with Gasteiger partial charge in [0.2, 0.25) is 10.0 Å². The van der Waals surface area contributed by atoms with E-state index in [0.717, 1.165) is 17.5 Å². The van der Waals surface area contributed by atoms with Crippen molar-refractivity contribution in [3.63, 3.8) is 0 Å². The number of primary sulfonamides is 1. The number of aromatic nitrogens is 1. The van der Waals surface area contributed by atoms with Gasteiger partial charge >= 0.3 is 0 Å². The molecule has 0 aliphatic rings. The smallest absolute Gasteiger partial charge is 0.240 e. The van der Waals surface area contributed by atoms with Crippen LogP contribution in [0.25, 0.3) is 10.9 Å². The maximum Gasteiger partial charge on any atom is 0.240 e. The zero-order valence-electron chi connectivity index (χ0n) is 13.5. The summed E-state index contributed by atoms with van der Waals surface area (Å²) in [5.41, 5.74) is 1.87. The van der Waals surface area contributed by atoms with Gasteiger partial charge in [-0.1, -0.05) is 43.3 Å². The molecule has 1 heterocycles. The summed E-state index contributed by atoms with van der Waals surface area (Å²) >= 11 is 0. The summed E-state index contributed by atoms with van der Waals surface area (Å²) in [5, 5.41) is 5.98.